The summed E-state index contributed by atoms with van der Waals surface area (Å²) in [5.41, 5.74) is 1.32. The number of Topliss-reactive ketones (excluding diaryl/α,β-unsaturated/α-hetero) is 1. The molecular formula is C21H24N2O5. The van der Waals surface area contributed by atoms with Crippen LogP contribution in [-0.4, -0.2) is 60.7 Å². The van der Waals surface area contributed by atoms with Crippen molar-refractivity contribution in [1.29, 1.82) is 0 Å². The highest BCUT2D eigenvalue weighted by Gasteiger charge is 2.66. The van der Waals surface area contributed by atoms with E-state index < -0.39 is 17.5 Å². The number of hydrogen-bond donors (Lipinski definition) is 2. The second-order valence-electron chi connectivity index (χ2n) is 8.29. The zero-order valence-corrected chi connectivity index (χ0v) is 16.2. The topological polar surface area (TPSA) is 88.1 Å². The molecule has 2 bridgehead atoms. The van der Waals surface area contributed by atoms with Gasteiger partial charge < -0.3 is 19.9 Å². The highest BCUT2D eigenvalue weighted by molar-refractivity contribution is 5.97. The third kappa shape index (κ3) is 1.91. The molecule has 4 aliphatic rings. The molecule has 0 aromatic heterocycles. The fourth-order valence-electron chi connectivity index (χ4n) is 6.01. The van der Waals surface area contributed by atoms with Gasteiger partial charge in [0.25, 0.3) is 0 Å². The van der Waals surface area contributed by atoms with E-state index in [1.54, 1.807) is 7.11 Å². The smallest absolute Gasteiger partial charge is 0.335 e. The number of rotatable bonds is 3. The summed E-state index contributed by atoms with van der Waals surface area (Å²) in [7, 11) is 2.97. The van der Waals surface area contributed by atoms with Crippen LogP contribution >= 0.6 is 0 Å². The van der Waals surface area contributed by atoms with Crippen LogP contribution in [0.4, 0.5) is 5.69 Å². The third-order valence-electron chi connectivity index (χ3n) is 7.33. The molecule has 1 spiro atoms. The number of piperidine rings is 1. The van der Waals surface area contributed by atoms with E-state index in [0.29, 0.717) is 12.0 Å². The number of carbonyl (C=O) groups excluding carboxylic acids is 2. The molecule has 7 nitrogen and oxygen atoms in total. The maximum Gasteiger partial charge on any atom is 0.335 e. The second-order valence-corrected chi connectivity index (χ2v) is 8.29. The Morgan fingerprint density at radius 1 is 1.32 bits per heavy atom. The summed E-state index contributed by atoms with van der Waals surface area (Å²) in [6.45, 7) is 2.41. The number of nitrogens with one attached hydrogen (secondary N) is 1. The largest absolute Gasteiger partial charge is 0.497 e. The van der Waals surface area contributed by atoms with Crippen LogP contribution in [0.1, 0.15) is 25.3 Å². The normalized spacial score (nSPS) is 35.1. The fourth-order valence-corrected chi connectivity index (χ4v) is 6.01. The Labute approximate surface area is 163 Å². The number of carbonyl (C=O) groups is 2. The van der Waals surface area contributed by atoms with E-state index in [9.17, 15) is 14.7 Å². The minimum atomic E-state index is -1.59. The molecule has 3 aliphatic heterocycles. The van der Waals surface area contributed by atoms with Crippen molar-refractivity contribution in [3.8, 4) is 5.75 Å². The van der Waals surface area contributed by atoms with Crippen LogP contribution in [0.3, 0.4) is 0 Å². The molecule has 3 heterocycles. The van der Waals surface area contributed by atoms with Crippen molar-refractivity contribution >= 4 is 17.4 Å². The van der Waals surface area contributed by atoms with Crippen molar-refractivity contribution in [1.82, 2.24) is 4.90 Å². The highest BCUT2D eigenvalue weighted by Crippen LogP contribution is 2.62. The van der Waals surface area contributed by atoms with Gasteiger partial charge in [0.2, 0.25) is 0 Å². The summed E-state index contributed by atoms with van der Waals surface area (Å²) in [5.74, 6) is -0.636. The summed E-state index contributed by atoms with van der Waals surface area (Å²) < 4.78 is 10.5. The molecule has 28 heavy (non-hydrogen) atoms. The van der Waals surface area contributed by atoms with Gasteiger partial charge in [-0.3, -0.25) is 9.69 Å². The number of ether oxygens (including phenoxy) is 2. The Hall–Kier alpha value is -2.38. The molecule has 148 valence electrons. The Morgan fingerprint density at radius 2 is 2.11 bits per heavy atom. The Balaban J connectivity index is 1.79. The lowest BCUT2D eigenvalue weighted by Gasteiger charge is -2.53. The second kappa shape index (κ2) is 5.58. The van der Waals surface area contributed by atoms with Crippen molar-refractivity contribution in [3.05, 3.63) is 35.0 Å². The van der Waals surface area contributed by atoms with E-state index in [1.807, 2.05) is 12.1 Å². The van der Waals surface area contributed by atoms with E-state index in [1.165, 1.54) is 14.0 Å². The first-order valence-corrected chi connectivity index (χ1v) is 9.62. The first-order valence-electron chi connectivity index (χ1n) is 9.62. The predicted octanol–water partition coefficient (Wildman–Crippen LogP) is 1.21. The lowest BCUT2D eigenvalue weighted by atomic mass is 9.59. The van der Waals surface area contributed by atoms with Crippen molar-refractivity contribution < 1.29 is 24.2 Å². The maximum atomic E-state index is 12.9. The van der Waals surface area contributed by atoms with E-state index in [2.05, 4.69) is 16.3 Å². The summed E-state index contributed by atoms with van der Waals surface area (Å²) >= 11 is 0. The van der Waals surface area contributed by atoms with Gasteiger partial charge in [0, 0.05) is 36.0 Å². The fraction of sp³-hybridized carbons (Fsp3) is 0.524. The molecule has 2 N–H and O–H groups in total. The zero-order valence-electron chi connectivity index (χ0n) is 16.2. The number of hydrogen-bond acceptors (Lipinski definition) is 7. The number of methoxy groups -OCH3 is 2. The van der Waals surface area contributed by atoms with Crippen molar-refractivity contribution in [2.24, 2.45) is 5.92 Å². The van der Waals surface area contributed by atoms with Gasteiger partial charge in [0.1, 0.15) is 11.4 Å². The number of nitrogens with zero attached hydrogens (tertiary/aromatic N) is 1. The minimum absolute atomic E-state index is 0.127. The summed E-state index contributed by atoms with van der Waals surface area (Å²) in [6, 6.07) is 6.08. The van der Waals surface area contributed by atoms with E-state index in [4.69, 9.17) is 9.47 Å². The number of esters is 1. The molecule has 1 aliphatic carbocycles. The molecule has 0 radical (unpaired) electrons. The molecule has 4 atom stereocenters. The van der Waals surface area contributed by atoms with Gasteiger partial charge in [-0.25, -0.2) is 4.79 Å². The van der Waals surface area contributed by atoms with Crippen LogP contribution < -0.4 is 10.1 Å². The number of fused-ring (bicyclic) bond motifs is 2. The molecule has 7 heteroatoms. The van der Waals surface area contributed by atoms with Gasteiger partial charge in [-0.1, -0.05) is 6.07 Å². The van der Waals surface area contributed by atoms with Crippen molar-refractivity contribution in [3.63, 3.8) is 0 Å². The van der Waals surface area contributed by atoms with E-state index in [-0.39, 0.29) is 23.8 Å². The number of benzene rings is 1. The first-order chi connectivity index (χ1) is 13.4. The summed E-state index contributed by atoms with van der Waals surface area (Å²) in [5, 5.41) is 14.8. The van der Waals surface area contributed by atoms with Gasteiger partial charge in [-0.05, 0) is 37.9 Å². The highest BCUT2D eigenvalue weighted by atomic mass is 16.5. The van der Waals surface area contributed by atoms with Crippen LogP contribution in [0.2, 0.25) is 0 Å². The molecule has 2 fully saturated rings. The van der Waals surface area contributed by atoms with Crippen LogP contribution in [0.25, 0.3) is 0 Å². The van der Waals surface area contributed by atoms with Crippen molar-refractivity contribution in [2.75, 3.05) is 32.6 Å². The predicted molar refractivity (Wildman–Crippen MR) is 101 cm³/mol. The van der Waals surface area contributed by atoms with Gasteiger partial charge in [-0.2, -0.15) is 0 Å². The van der Waals surface area contributed by atoms with Crippen LogP contribution in [0.5, 0.6) is 5.75 Å². The van der Waals surface area contributed by atoms with Crippen LogP contribution in [-0.2, 0) is 19.7 Å². The van der Waals surface area contributed by atoms with Crippen LogP contribution in [0, 0.1) is 5.92 Å². The molecule has 0 unspecified atom stereocenters. The number of ketones is 1. The lowest BCUT2D eigenvalue weighted by Crippen LogP contribution is -2.65. The van der Waals surface area contributed by atoms with Crippen molar-refractivity contribution in [2.45, 2.75) is 36.8 Å². The minimum Gasteiger partial charge on any atom is -0.497 e. The average Bonchev–Trinajstić information content (AvgIpc) is 3.23. The van der Waals surface area contributed by atoms with Gasteiger partial charge in [-0.15, -0.1) is 0 Å². The number of aliphatic hydroxyl groups is 1. The first kappa shape index (κ1) is 17.7. The quantitative estimate of drug-likeness (QED) is 0.758. The Bertz CT molecular complexity index is 941. The number of anilines is 1. The SMILES string of the molecule is COC(=O)C1=C2Nc3cc(OC)ccc3[C@@]23CCN2C[C@@](O)(C(C)=O)[C@@H]1C[C@H]23. The third-order valence-corrected chi connectivity index (χ3v) is 7.33. The Morgan fingerprint density at radius 3 is 2.79 bits per heavy atom. The average molecular weight is 384 g/mol. The lowest BCUT2D eigenvalue weighted by molar-refractivity contribution is -0.154. The molecule has 1 aromatic rings. The molecular weight excluding hydrogens is 360 g/mol. The van der Waals surface area contributed by atoms with Gasteiger partial charge in [0.15, 0.2) is 5.78 Å². The Kier molecular flexibility index (Phi) is 3.53. The molecule has 0 saturated carbocycles. The maximum absolute atomic E-state index is 12.9. The standard InChI is InChI=1S/C21H24N2O5/c1-11(24)21(26)10-23-7-6-20-13-5-4-12(27-2)8-15(13)22-18(20)17(19(25)28-3)14(21)9-16(20)23/h4-5,8,14,16,22,26H,6-7,9-10H2,1-3H3/t14-,16+,20-,21-/m1/s1. The zero-order chi connectivity index (χ0) is 19.8. The van der Waals surface area contributed by atoms with Crippen LogP contribution in [0.15, 0.2) is 29.5 Å². The molecule has 0 amide bonds. The molecule has 5 rings (SSSR count). The van der Waals surface area contributed by atoms with Gasteiger partial charge in [0.05, 0.1) is 25.2 Å². The summed E-state index contributed by atoms with van der Waals surface area (Å²) in [6.07, 6.45) is 1.37. The molecule has 2 saturated heterocycles. The summed E-state index contributed by atoms with van der Waals surface area (Å²) in [4.78, 5) is 27.6. The van der Waals surface area contributed by atoms with E-state index >= 15 is 0 Å². The molecule has 1 aromatic carbocycles. The van der Waals surface area contributed by atoms with E-state index in [0.717, 1.165) is 35.7 Å². The van der Waals surface area contributed by atoms with Gasteiger partial charge >= 0.3 is 5.97 Å². The monoisotopic (exact) mass is 384 g/mol.